The Hall–Kier alpha value is -3.06. The molecule has 7 nitrogen and oxygen atoms in total. The number of aromatic nitrogens is 4. The van der Waals surface area contributed by atoms with Crippen LogP contribution in [0, 0.1) is 0 Å². The standard InChI is InChI=1S/C19H19N5O2/c1-26-19(25)16-9-7-15(8-10-16)17-18-20-21-22-24(18)12-11-23(17)13-14-5-3-2-4-6-14/h2-10,17H,11-13H2,1H3. The topological polar surface area (TPSA) is 73.1 Å². The summed E-state index contributed by atoms with van der Waals surface area (Å²) in [6.45, 7) is 2.40. The van der Waals surface area contributed by atoms with Crippen LogP contribution in [0.3, 0.4) is 0 Å². The third kappa shape index (κ3) is 3.09. The van der Waals surface area contributed by atoms with Crippen molar-refractivity contribution >= 4 is 5.97 Å². The normalized spacial score (nSPS) is 16.9. The number of esters is 1. The number of ether oxygens (including phenoxy) is 1. The smallest absolute Gasteiger partial charge is 0.337 e. The Labute approximate surface area is 151 Å². The molecule has 1 unspecified atom stereocenters. The van der Waals surface area contributed by atoms with Crippen molar-refractivity contribution in [1.29, 1.82) is 0 Å². The van der Waals surface area contributed by atoms with Gasteiger partial charge in [-0.15, -0.1) is 5.10 Å². The molecule has 26 heavy (non-hydrogen) atoms. The molecule has 0 fully saturated rings. The van der Waals surface area contributed by atoms with Crippen LogP contribution >= 0.6 is 0 Å². The fourth-order valence-electron chi connectivity index (χ4n) is 3.35. The van der Waals surface area contributed by atoms with Crippen molar-refractivity contribution in [3.8, 4) is 0 Å². The van der Waals surface area contributed by atoms with Gasteiger partial charge in [0.2, 0.25) is 0 Å². The van der Waals surface area contributed by atoms with Gasteiger partial charge in [0.15, 0.2) is 5.82 Å². The maximum Gasteiger partial charge on any atom is 0.337 e. The molecule has 3 aromatic rings. The second-order valence-electron chi connectivity index (χ2n) is 6.23. The van der Waals surface area contributed by atoms with E-state index in [1.807, 2.05) is 35.0 Å². The van der Waals surface area contributed by atoms with Gasteiger partial charge in [-0.05, 0) is 33.7 Å². The first-order chi connectivity index (χ1) is 12.8. The summed E-state index contributed by atoms with van der Waals surface area (Å²) in [6.07, 6.45) is 0. The molecular formula is C19H19N5O2. The third-order valence-electron chi connectivity index (χ3n) is 4.64. The van der Waals surface area contributed by atoms with Gasteiger partial charge in [-0.2, -0.15) is 0 Å². The molecule has 0 radical (unpaired) electrons. The number of hydrogen-bond acceptors (Lipinski definition) is 6. The molecule has 7 heteroatoms. The highest BCUT2D eigenvalue weighted by Gasteiger charge is 2.31. The first kappa shape index (κ1) is 16.4. The Balaban J connectivity index is 1.68. The Morgan fingerprint density at radius 1 is 1.12 bits per heavy atom. The van der Waals surface area contributed by atoms with Gasteiger partial charge in [0.25, 0.3) is 0 Å². The van der Waals surface area contributed by atoms with Crippen LogP contribution in [-0.4, -0.2) is 44.7 Å². The van der Waals surface area contributed by atoms with Crippen LogP contribution in [0.4, 0.5) is 0 Å². The molecule has 1 aliphatic heterocycles. The summed E-state index contributed by atoms with van der Waals surface area (Å²) in [5, 5.41) is 12.2. The number of tetrazole rings is 1. The lowest BCUT2D eigenvalue weighted by Crippen LogP contribution is -2.39. The van der Waals surface area contributed by atoms with Crippen LogP contribution in [0.2, 0.25) is 0 Å². The third-order valence-corrected chi connectivity index (χ3v) is 4.64. The van der Waals surface area contributed by atoms with E-state index in [1.165, 1.54) is 12.7 Å². The van der Waals surface area contributed by atoms with Crippen molar-refractivity contribution < 1.29 is 9.53 Å². The fraction of sp³-hybridized carbons (Fsp3) is 0.263. The first-order valence-electron chi connectivity index (χ1n) is 8.48. The number of rotatable bonds is 4. The van der Waals surface area contributed by atoms with Gasteiger partial charge in [-0.3, -0.25) is 4.90 Å². The Morgan fingerprint density at radius 3 is 2.62 bits per heavy atom. The molecule has 0 saturated carbocycles. The maximum atomic E-state index is 11.7. The molecule has 4 rings (SSSR count). The molecular weight excluding hydrogens is 330 g/mol. The quantitative estimate of drug-likeness (QED) is 0.672. The van der Waals surface area contributed by atoms with Gasteiger partial charge in [0, 0.05) is 13.1 Å². The molecule has 0 saturated heterocycles. The zero-order valence-electron chi connectivity index (χ0n) is 14.4. The molecule has 1 aromatic heterocycles. The van der Waals surface area contributed by atoms with Crippen LogP contribution in [0.5, 0.6) is 0 Å². The second-order valence-corrected chi connectivity index (χ2v) is 6.23. The molecule has 1 atom stereocenters. The fourth-order valence-corrected chi connectivity index (χ4v) is 3.35. The summed E-state index contributed by atoms with van der Waals surface area (Å²) in [5.74, 6) is 0.476. The lowest BCUT2D eigenvalue weighted by molar-refractivity contribution is 0.0600. The van der Waals surface area contributed by atoms with Gasteiger partial charge in [0.05, 0.1) is 25.3 Å². The lowest BCUT2D eigenvalue weighted by Gasteiger charge is -2.35. The Bertz CT molecular complexity index is 892. The van der Waals surface area contributed by atoms with Crippen molar-refractivity contribution in [2.24, 2.45) is 0 Å². The van der Waals surface area contributed by atoms with E-state index in [4.69, 9.17) is 4.74 Å². The average molecular weight is 349 g/mol. The minimum absolute atomic E-state index is 0.0642. The summed E-state index contributed by atoms with van der Waals surface area (Å²) in [5.41, 5.74) is 2.82. The molecule has 2 heterocycles. The van der Waals surface area contributed by atoms with Gasteiger partial charge >= 0.3 is 5.97 Å². The summed E-state index contributed by atoms with van der Waals surface area (Å²) < 4.78 is 6.63. The molecule has 0 aliphatic carbocycles. The van der Waals surface area contributed by atoms with E-state index in [-0.39, 0.29) is 12.0 Å². The monoisotopic (exact) mass is 349 g/mol. The molecule has 0 amide bonds. The number of benzene rings is 2. The molecule has 132 valence electrons. The van der Waals surface area contributed by atoms with Crippen molar-refractivity contribution in [3.63, 3.8) is 0 Å². The number of methoxy groups -OCH3 is 1. The highest BCUT2D eigenvalue weighted by atomic mass is 16.5. The summed E-state index contributed by atoms with van der Waals surface area (Å²) in [4.78, 5) is 14.0. The van der Waals surface area contributed by atoms with E-state index in [0.717, 1.165) is 31.0 Å². The summed E-state index contributed by atoms with van der Waals surface area (Å²) in [7, 11) is 1.38. The summed E-state index contributed by atoms with van der Waals surface area (Å²) in [6, 6.07) is 17.7. The number of hydrogen-bond donors (Lipinski definition) is 0. The predicted octanol–water partition coefficient (Wildman–Crippen LogP) is 2.06. The molecule has 0 N–H and O–H groups in total. The van der Waals surface area contributed by atoms with Crippen molar-refractivity contribution in [3.05, 3.63) is 77.1 Å². The predicted molar refractivity (Wildman–Crippen MR) is 94.3 cm³/mol. The van der Waals surface area contributed by atoms with Crippen LogP contribution in [0.25, 0.3) is 0 Å². The van der Waals surface area contributed by atoms with E-state index in [0.29, 0.717) is 5.56 Å². The zero-order valence-corrected chi connectivity index (χ0v) is 14.4. The first-order valence-corrected chi connectivity index (χ1v) is 8.48. The highest BCUT2D eigenvalue weighted by molar-refractivity contribution is 5.89. The van der Waals surface area contributed by atoms with E-state index in [2.05, 4.69) is 32.6 Å². The number of carbonyl (C=O) groups is 1. The van der Waals surface area contributed by atoms with Gasteiger partial charge in [0.1, 0.15) is 0 Å². The second kappa shape index (κ2) is 7.05. The SMILES string of the molecule is COC(=O)c1ccc(C2c3nnnn3CCN2Cc2ccccc2)cc1. The maximum absolute atomic E-state index is 11.7. The molecule has 2 aromatic carbocycles. The average Bonchev–Trinajstić information content (AvgIpc) is 3.17. The number of nitrogens with zero attached hydrogens (tertiary/aromatic N) is 5. The van der Waals surface area contributed by atoms with Crippen molar-refractivity contribution in [2.45, 2.75) is 19.1 Å². The summed E-state index contributed by atoms with van der Waals surface area (Å²) >= 11 is 0. The Kier molecular flexibility index (Phi) is 4.45. The van der Waals surface area contributed by atoms with Gasteiger partial charge < -0.3 is 4.74 Å². The lowest BCUT2D eigenvalue weighted by atomic mass is 10.00. The van der Waals surface area contributed by atoms with E-state index < -0.39 is 0 Å². The van der Waals surface area contributed by atoms with Crippen LogP contribution in [0.15, 0.2) is 54.6 Å². The molecule has 0 bridgehead atoms. The minimum Gasteiger partial charge on any atom is -0.465 e. The van der Waals surface area contributed by atoms with Crippen LogP contribution in [-0.2, 0) is 17.8 Å². The number of fused-ring (bicyclic) bond motifs is 1. The largest absolute Gasteiger partial charge is 0.465 e. The van der Waals surface area contributed by atoms with Crippen LogP contribution in [0.1, 0.15) is 33.4 Å². The minimum atomic E-state index is -0.342. The van der Waals surface area contributed by atoms with E-state index >= 15 is 0 Å². The van der Waals surface area contributed by atoms with E-state index in [1.54, 1.807) is 12.1 Å². The Morgan fingerprint density at radius 2 is 1.88 bits per heavy atom. The van der Waals surface area contributed by atoms with E-state index in [9.17, 15) is 4.79 Å². The molecule has 1 aliphatic rings. The highest BCUT2D eigenvalue weighted by Crippen LogP contribution is 2.31. The number of carbonyl (C=O) groups excluding carboxylic acids is 1. The van der Waals surface area contributed by atoms with Crippen molar-refractivity contribution in [1.82, 2.24) is 25.1 Å². The van der Waals surface area contributed by atoms with Gasteiger partial charge in [-0.1, -0.05) is 42.5 Å². The van der Waals surface area contributed by atoms with Crippen molar-refractivity contribution in [2.75, 3.05) is 13.7 Å². The molecule has 0 spiro atoms. The van der Waals surface area contributed by atoms with Gasteiger partial charge in [-0.25, -0.2) is 9.48 Å². The van der Waals surface area contributed by atoms with Crippen LogP contribution < -0.4 is 0 Å². The zero-order chi connectivity index (χ0) is 17.9.